The van der Waals surface area contributed by atoms with E-state index in [4.69, 9.17) is 4.74 Å². The van der Waals surface area contributed by atoms with E-state index in [2.05, 4.69) is 5.32 Å². The van der Waals surface area contributed by atoms with Crippen molar-refractivity contribution < 1.29 is 22.7 Å². The lowest BCUT2D eigenvalue weighted by molar-refractivity contribution is -0.147. The number of hydrogen-bond acceptors (Lipinski definition) is 6. The SMILES string of the molecule is CC(C)[C@@](C)(C#N)NC(=O)COC(=O)CN1c2cccc3cccc(c23)S1(=O)=O. The summed E-state index contributed by atoms with van der Waals surface area (Å²) in [6.45, 7) is 3.99. The molecule has 1 atom stereocenters. The van der Waals surface area contributed by atoms with Crippen molar-refractivity contribution in [3.05, 3.63) is 36.4 Å². The molecule has 1 aliphatic rings. The Labute approximate surface area is 169 Å². The summed E-state index contributed by atoms with van der Waals surface area (Å²) in [5.41, 5.74) is -0.699. The average Bonchev–Trinajstić information content (AvgIpc) is 2.89. The lowest BCUT2D eigenvalue weighted by Crippen LogP contribution is -2.50. The number of benzene rings is 2. The second kappa shape index (κ2) is 7.37. The molecule has 0 aliphatic carbocycles. The van der Waals surface area contributed by atoms with E-state index in [-0.39, 0.29) is 10.8 Å². The number of amides is 1. The Morgan fingerprint density at radius 1 is 1.24 bits per heavy atom. The lowest BCUT2D eigenvalue weighted by Gasteiger charge is -2.27. The van der Waals surface area contributed by atoms with Crippen molar-refractivity contribution in [2.24, 2.45) is 5.92 Å². The van der Waals surface area contributed by atoms with Crippen LogP contribution in [0.5, 0.6) is 0 Å². The highest BCUT2D eigenvalue weighted by atomic mass is 32.2. The summed E-state index contributed by atoms with van der Waals surface area (Å²) < 4.78 is 31.6. The van der Waals surface area contributed by atoms with Gasteiger partial charge in [-0.15, -0.1) is 0 Å². The van der Waals surface area contributed by atoms with Gasteiger partial charge >= 0.3 is 5.97 Å². The summed E-state index contributed by atoms with van der Waals surface area (Å²) in [4.78, 5) is 24.4. The molecule has 0 radical (unpaired) electrons. The number of rotatable bonds is 6. The summed E-state index contributed by atoms with van der Waals surface area (Å²) in [6.07, 6.45) is 0. The molecule has 2 aromatic rings. The van der Waals surface area contributed by atoms with Gasteiger partial charge in [0.2, 0.25) is 0 Å². The van der Waals surface area contributed by atoms with Crippen molar-refractivity contribution >= 4 is 38.4 Å². The molecule has 1 heterocycles. The van der Waals surface area contributed by atoms with E-state index in [0.717, 1.165) is 9.69 Å². The highest BCUT2D eigenvalue weighted by Gasteiger charge is 2.37. The monoisotopic (exact) mass is 415 g/mol. The van der Waals surface area contributed by atoms with E-state index in [1.807, 2.05) is 6.07 Å². The van der Waals surface area contributed by atoms with Gasteiger partial charge in [-0.25, -0.2) is 8.42 Å². The normalized spacial score (nSPS) is 16.3. The van der Waals surface area contributed by atoms with Gasteiger partial charge < -0.3 is 10.1 Å². The molecular formula is C20H21N3O5S. The molecule has 0 saturated heterocycles. The highest BCUT2D eigenvalue weighted by molar-refractivity contribution is 7.93. The number of nitrogens with zero attached hydrogens (tertiary/aromatic N) is 2. The fraction of sp³-hybridized carbons (Fsp3) is 0.350. The maximum absolute atomic E-state index is 12.8. The minimum absolute atomic E-state index is 0.137. The zero-order valence-corrected chi connectivity index (χ0v) is 17.1. The van der Waals surface area contributed by atoms with E-state index >= 15 is 0 Å². The molecule has 1 aliphatic heterocycles. The Hall–Kier alpha value is -3.12. The second-order valence-electron chi connectivity index (χ2n) is 7.32. The summed E-state index contributed by atoms with van der Waals surface area (Å²) >= 11 is 0. The van der Waals surface area contributed by atoms with Crippen molar-refractivity contribution in [2.75, 3.05) is 17.5 Å². The van der Waals surface area contributed by atoms with Crippen LogP contribution in [-0.2, 0) is 24.3 Å². The van der Waals surface area contributed by atoms with Crippen molar-refractivity contribution in [3.8, 4) is 6.07 Å². The maximum Gasteiger partial charge on any atom is 0.327 e. The van der Waals surface area contributed by atoms with Crippen LogP contribution in [0.15, 0.2) is 41.3 Å². The summed E-state index contributed by atoms with van der Waals surface area (Å²) in [7, 11) is -3.89. The van der Waals surface area contributed by atoms with Gasteiger partial charge in [0, 0.05) is 5.39 Å². The van der Waals surface area contributed by atoms with Crippen LogP contribution in [0, 0.1) is 17.2 Å². The molecule has 2 aromatic carbocycles. The predicted octanol–water partition coefficient (Wildman–Crippen LogP) is 1.95. The van der Waals surface area contributed by atoms with Crippen LogP contribution in [0.3, 0.4) is 0 Å². The highest BCUT2D eigenvalue weighted by Crippen LogP contribution is 2.41. The minimum Gasteiger partial charge on any atom is -0.454 e. The molecule has 0 unspecified atom stereocenters. The molecule has 1 amide bonds. The summed E-state index contributed by atoms with van der Waals surface area (Å²) in [5, 5.41) is 13.1. The van der Waals surface area contributed by atoms with E-state index in [9.17, 15) is 23.3 Å². The Bertz CT molecular complexity index is 1130. The van der Waals surface area contributed by atoms with E-state index in [1.165, 1.54) is 6.07 Å². The van der Waals surface area contributed by atoms with Crippen molar-refractivity contribution in [1.82, 2.24) is 5.32 Å². The van der Waals surface area contributed by atoms with Gasteiger partial charge in [0.15, 0.2) is 6.61 Å². The Kier molecular flexibility index (Phi) is 5.24. The van der Waals surface area contributed by atoms with Crippen LogP contribution in [0.2, 0.25) is 0 Å². The Balaban J connectivity index is 1.70. The molecule has 152 valence electrons. The maximum atomic E-state index is 12.8. The van der Waals surface area contributed by atoms with Crippen LogP contribution < -0.4 is 9.62 Å². The molecule has 3 rings (SSSR count). The number of sulfonamides is 1. The fourth-order valence-corrected chi connectivity index (χ4v) is 4.72. The van der Waals surface area contributed by atoms with Gasteiger partial charge in [-0.1, -0.05) is 38.1 Å². The molecule has 0 aromatic heterocycles. The van der Waals surface area contributed by atoms with Crippen LogP contribution >= 0.6 is 0 Å². The number of nitrogens with one attached hydrogen (secondary N) is 1. The van der Waals surface area contributed by atoms with Gasteiger partial charge in [0.1, 0.15) is 12.1 Å². The number of anilines is 1. The number of carbonyl (C=O) groups excluding carboxylic acids is 2. The number of carbonyl (C=O) groups is 2. The zero-order chi connectivity index (χ0) is 21.4. The first-order valence-electron chi connectivity index (χ1n) is 9.02. The molecule has 9 heteroatoms. The van der Waals surface area contributed by atoms with Crippen molar-refractivity contribution in [1.29, 1.82) is 5.26 Å². The number of ether oxygens (including phenoxy) is 1. The predicted molar refractivity (Wildman–Crippen MR) is 106 cm³/mol. The molecule has 0 bridgehead atoms. The minimum atomic E-state index is -3.89. The van der Waals surface area contributed by atoms with Gasteiger partial charge in [0.05, 0.1) is 16.7 Å². The molecule has 29 heavy (non-hydrogen) atoms. The lowest BCUT2D eigenvalue weighted by atomic mass is 9.90. The van der Waals surface area contributed by atoms with Crippen molar-refractivity contribution in [2.45, 2.75) is 31.2 Å². The van der Waals surface area contributed by atoms with E-state index < -0.39 is 40.6 Å². The smallest absolute Gasteiger partial charge is 0.327 e. The first kappa shape index (κ1) is 20.6. The molecule has 1 N–H and O–H groups in total. The Morgan fingerprint density at radius 3 is 2.52 bits per heavy atom. The van der Waals surface area contributed by atoms with E-state index in [1.54, 1.807) is 51.1 Å². The number of nitriles is 1. The summed E-state index contributed by atoms with van der Waals surface area (Å²) in [6, 6.07) is 12.1. The van der Waals surface area contributed by atoms with Crippen LogP contribution in [-0.4, -0.2) is 39.0 Å². The zero-order valence-electron chi connectivity index (χ0n) is 16.3. The first-order valence-corrected chi connectivity index (χ1v) is 10.5. The quantitative estimate of drug-likeness (QED) is 0.721. The number of esters is 1. The molecule has 0 spiro atoms. The third-order valence-electron chi connectivity index (χ3n) is 5.10. The van der Waals surface area contributed by atoms with Crippen molar-refractivity contribution in [3.63, 3.8) is 0 Å². The van der Waals surface area contributed by atoms with E-state index in [0.29, 0.717) is 11.1 Å². The third-order valence-corrected chi connectivity index (χ3v) is 6.91. The van der Waals surface area contributed by atoms with Crippen LogP contribution in [0.4, 0.5) is 5.69 Å². The first-order chi connectivity index (χ1) is 13.6. The van der Waals surface area contributed by atoms with Gasteiger partial charge in [-0.2, -0.15) is 5.26 Å². The largest absolute Gasteiger partial charge is 0.454 e. The standard InChI is InChI=1S/C20H21N3O5S/c1-13(2)20(3,12-21)22-17(24)11-28-18(25)10-23-15-8-4-6-14-7-5-9-16(19(14)15)29(23,26)27/h4-9,13H,10-11H2,1-3H3,(H,22,24)/t20-/m1/s1. The van der Waals surface area contributed by atoms with Crippen LogP contribution in [0.25, 0.3) is 10.8 Å². The summed E-state index contributed by atoms with van der Waals surface area (Å²) in [5.74, 6) is -1.65. The van der Waals surface area contributed by atoms with Gasteiger partial charge in [-0.3, -0.25) is 13.9 Å². The molecule has 0 saturated carbocycles. The van der Waals surface area contributed by atoms with Gasteiger partial charge in [0.25, 0.3) is 15.9 Å². The molecule has 8 nitrogen and oxygen atoms in total. The second-order valence-corrected chi connectivity index (χ2v) is 9.15. The molecule has 0 fully saturated rings. The number of hydrogen-bond donors (Lipinski definition) is 1. The average molecular weight is 415 g/mol. The molecular weight excluding hydrogens is 394 g/mol. The Morgan fingerprint density at radius 2 is 1.90 bits per heavy atom. The fourth-order valence-electron chi connectivity index (χ4n) is 3.06. The van der Waals surface area contributed by atoms with Gasteiger partial charge in [-0.05, 0) is 30.4 Å². The topological polar surface area (TPSA) is 117 Å². The third kappa shape index (κ3) is 3.63. The van der Waals surface area contributed by atoms with Crippen LogP contribution in [0.1, 0.15) is 20.8 Å².